The zero-order valence-corrected chi connectivity index (χ0v) is 11.9. The van der Waals surface area contributed by atoms with Crippen molar-refractivity contribution >= 4 is 23.2 Å². The Labute approximate surface area is 123 Å². The summed E-state index contributed by atoms with van der Waals surface area (Å²) in [6.07, 6.45) is 0. The van der Waals surface area contributed by atoms with Gasteiger partial charge in [-0.2, -0.15) is 0 Å². The van der Waals surface area contributed by atoms with Gasteiger partial charge in [-0.15, -0.1) is 0 Å². The average Bonchev–Trinajstić information content (AvgIpc) is 2.49. The third-order valence-corrected chi connectivity index (χ3v) is 3.38. The molecule has 0 aliphatic rings. The number of nitrogens with two attached hydrogens (primary N) is 1. The highest BCUT2D eigenvalue weighted by Gasteiger charge is 2.13. The summed E-state index contributed by atoms with van der Waals surface area (Å²) in [6.45, 7) is 0.468. The summed E-state index contributed by atoms with van der Waals surface area (Å²) in [7, 11) is 1.75. The lowest BCUT2D eigenvalue weighted by atomic mass is 10.1. The van der Waals surface area contributed by atoms with E-state index in [1.807, 2.05) is 24.3 Å². The predicted octanol–water partition coefficient (Wildman–Crippen LogP) is 2.90. The van der Waals surface area contributed by atoms with Crippen molar-refractivity contribution in [3.63, 3.8) is 0 Å². The molecule has 2 aromatic rings. The third kappa shape index (κ3) is 3.29. The van der Waals surface area contributed by atoms with Gasteiger partial charge >= 0.3 is 0 Å². The second kappa shape index (κ2) is 6.41. The number of anilines is 1. The van der Waals surface area contributed by atoms with Crippen molar-refractivity contribution in [2.45, 2.75) is 6.54 Å². The lowest BCUT2D eigenvalue weighted by molar-refractivity contribution is 0.0785. The molecule has 0 aliphatic heterocycles. The number of amides is 1. The van der Waals surface area contributed by atoms with E-state index in [9.17, 15) is 4.79 Å². The lowest BCUT2D eigenvalue weighted by Crippen LogP contribution is -2.26. The van der Waals surface area contributed by atoms with Crippen LogP contribution in [0.25, 0.3) is 0 Å². The monoisotopic (exact) mass is 289 g/mol. The summed E-state index contributed by atoms with van der Waals surface area (Å²) < 4.78 is 0. The molecule has 0 unspecified atom stereocenters. The summed E-state index contributed by atoms with van der Waals surface area (Å²) >= 11 is 6.10. The maximum absolute atomic E-state index is 12.3. The maximum Gasteiger partial charge on any atom is 0.253 e. The molecule has 3 N–H and O–H groups in total. The number of hydrogen-bond acceptors (Lipinski definition) is 3. The van der Waals surface area contributed by atoms with Crippen molar-refractivity contribution in [2.75, 3.05) is 12.5 Å². The number of carbonyl (C=O) groups excluding carboxylic acids is 1. The Kier molecular flexibility index (Phi) is 4.61. The van der Waals surface area contributed by atoms with E-state index in [1.54, 1.807) is 36.2 Å². The van der Waals surface area contributed by atoms with Gasteiger partial charge in [-0.3, -0.25) is 10.6 Å². The van der Waals surface area contributed by atoms with E-state index in [4.69, 9.17) is 17.4 Å². The van der Waals surface area contributed by atoms with Gasteiger partial charge in [0.15, 0.2) is 0 Å². The van der Waals surface area contributed by atoms with Gasteiger partial charge in [-0.1, -0.05) is 29.8 Å². The first-order valence-electron chi connectivity index (χ1n) is 6.17. The number of benzene rings is 2. The van der Waals surface area contributed by atoms with Crippen molar-refractivity contribution < 1.29 is 4.79 Å². The molecule has 4 nitrogen and oxygen atoms in total. The van der Waals surface area contributed by atoms with Crippen LogP contribution >= 0.6 is 11.6 Å². The summed E-state index contributed by atoms with van der Waals surface area (Å²) in [6, 6.07) is 14.5. The molecule has 0 spiro atoms. The van der Waals surface area contributed by atoms with E-state index in [0.29, 0.717) is 17.1 Å². The second-order valence-electron chi connectivity index (χ2n) is 4.47. The van der Waals surface area contributed by atoms with Crippen molar-refractivity contribution in [2.24, 2.45) is 5.84 Å². The minimum atomic E-state index is -0.0616. The van der Waals surface area contributed by atoms with Gasteiger partial charge in [0, 0.05) is 29.9 Å². The normalized spacial score (nSPS) is 10.2. The third-order valence-electron chi connectivity index (χ3n) is 3.01. The maximum atomic E-state index is 12.3. The molecule has 0 saturated heterocycles. The fourth-order valence-electron chi connectivity index (χ4n) is 1.88. The molecule has 0 radical (unpaired) electrons. The number of halogens is 1. The van der Waals surface area contributed by atoms with E-state index in [1.165, 1.54) is 0 Å². The fraction of sp³-hybridized carbons (Fsp3) is 0.133. The highest BCUT2D eigenvalue weighted by molar-refractivity contribution is 6.31. The van der Waals surface area contributed by atoms with E-state index < -0.39 is 0 Å². The SMILES string of the molecule is CN(Cc1ccccc1Cl)C(=O)c1ccc(NN)cc1. The molecule has 104 valence electrons. The zero-order valence-electron chi connectivity index (χ0n) is 11.1. The second-order valence-corrected chi connectivity index (χ2v) is 4.88. The Morgan fingerprint density at radius 1 is 1.20 bits per heavy atom. The molecule has 2 aromatic carbocycles. The topological polar surface area (TPSA) is 58.4 Å². The molecule has 20 heavy (non-hydrogen) atoms. The molecule has 5 heteroatoms. The standard InChI is InChI=1S/C15H16ClN3O/c1-19(10-12-4-2-3-5-14(12)16)15(20)11-6-8-13(18-17)9-7-11/h2-9,18H,10,17H2,1H3. The molecule has 0 saturated carbocycles. The van der Waals surface area contributed by atoms with Crippen LogP contribution in [0, 0.1) is 0 Å². The summed E-state index contributed by atoms with van der Waals surface area (Å²) in [5, 5.41) is 0.662. The van der Waals surface area contributed by atoms with Gasteiger partial charge in [-0.25, -0.2) is 0 Å². The number of carbonyl (C=O) groups is 1. The predicted molar refractivity (Wildman–Crippen MR) is 81.5 cm³/mol. The largest absolute Gasteiger partial charge is 0.337 e. The first-order valence-corrected chi connectivity index (χ1v) is 6.55. The summed E-state index contributed by atoms with van der Waals surface area (Å²) in [4.78, 5) is 13.9. The van der Waals surface area contributed by atoms with Crippen LogP contribution in [-0.2, 0) is 6.54 Å². The van der Waals surface area contributed by atoms with Crippen molar-refractivity contribution in [1.29, 1.82) is 0 Å². The van der Waals surface area contributed by atoms with Gasteiger partial charge in [0.25, 0.3) is 5.91 Å². The fourth-order valence-corrected chi connectivity index (χ4v) is 2.08. The van der Waals surface area contributed by atoms with Crippen LogP contribution in [0.15, 0.2) is 48.5 Å². The first kappa shape index (κ1) is 14.4. The summed E-state index contributed by atoms with van der Waals surface area (Å²) in [5.41, 5.74) is 4.82. The zero-order chi connectivity index (χ0) is 14.5. The number of hydrazine groups is 1. The van der Waals surface area contributed by atoms with Crippen LogP contribution in [0.1, 0.15) is 15.9 Å². The van der Waals surface area contributed by atoms with Gasteiger partial charge in [-0.05, 0) is 35.9 Å². The molecule has 0 fully saturated rings. The molecule has 2 rings (SSSR count). The van der Waals surface area contributed by atoms with Crippen molar-refractivity contribution in [3.05, 3.63) is 64.7 Å². The Hall–Kier alpha value is -2.04. The van der Waals surface area contributed by atoms with Gasteiger partial charge in [0.05, 0.1) is 0 Å². The van der Waals surface area contributed by atoms with Gasteiger partial charge in [0.1, 0.15) is 0 Å². The van der Waals surface area contributed by atoms with Crippen LogP contribution in [0.5, 0.6) is 0 Å². The molecule has 1 amide bonds. The van der Waals surface area contributed by atoms with Crippen LogP contribution in [0.4, 0.5) is 5.69 Å². The van der Waals surface area contributed by atoms with Crippen LogP contribution in [-0.4, -0.2) is 17.9 Å². The number of nitrogen functional groups attached to an aromatic ring is 1. The van der Waals surface area contributed by atoms with Crippen molar-refractivity contribution in [1.82, 2.24) is 4.90 Å². The first-order chi connectivity index (χ1) is 9.61. The minimum absolute atomic E-state index is 0.0616. The minimum Gasteiger partial charge on any atom is -0.337 e. The van der Waals surface area contributed by atoms with Crippen LogP contribution in [0.2, 0.25) is 5.02 Å². The summed E-state index contributed by atoms with van der Waals surface area (Å²) in [5.74, 6) is 5.23. The molecule has 0 atom stereocenters. The number of nitrogens with zero attached hydrogens (tertiary/aromatic N) is 1. The molecule has 0 heterocycles. The molecular formula is C15H16ClN3O. The molecule has 0 aromatic heterocycles. The Morgan fingerprint density at radius 3 is 2.45 bits per heavy atom. The van der Waals surface area contributed by atoms with Crippen LogP contribution in [0.3, 0.4) is 0 Å². The molecule has 0 bridgehead atoms. The van der Waals surface area contributed by atoms with E-state index in [0.717, 1.165) is 11.3 Å². The van der Waals surface area contributed by atoms with E-state index in [-0.39, 0.29) is 5.91 Å². The van der Waals surface area contributed by atoms with E-state index >= 15 is 0 Å². The number of rotatable bonds is 4. The average molecular weight is 290 g/mol. The highest BCUT2D eigenvalue weighted by Crippen LogP contribution is 2.18. The Bertz CT molecular complexity index is 598. The van der Waals surface area contributed by atoms with Gasteiger partial charge < -0.3 is 10.3 Å². The number of nitrogens with one attached hydrogen (secondary N) is 1. The number of hydrogen-bond donors (Lipinski definition) is 2. The molecular weight excluding hydrogens is 274 g/mol. The van der Waals surface area contributed by atoms with E-state index in [2.05, 4.69) is 5.43 Å². The highest BCUT2D eigenvalue weighted by atomic mass is 35.5. The van der Waals surface area contributed by atoms with Crippen molar-refractivity contribution in [3.8, 4) is 0 Å². The smallest absolute Gasteiger partial charge is 0.253 e. The lowest BCUT2D eigenvalue weighted by Gasteiger charge is -2.18. The van der Waals surface area contributed by atoms with Gasteiger partial charge in [0.2, 0.25) is 0 Å². The van der Waals surface area contributed by atoms with Crippen LogP contribution < -0.4 is 11.3 Å². The Morgan fingerprint density at radius 2 is 1.85 bits per heavy atom. The quantitative estimate of drug-likeness (QED) is 0.672. The Balaban J connectivity index is 2.10. The molecule has 0 aliphatic carbocycles.